The molecule has 4 amide bonds. The zero-order valence-corrected chi connectivity index (χ0v) is 81.1. The van der Waals surface area contributed by atoms with Gasteiger partial charge in [-0.3, -0.25) is 66.6 Å². The van der Waals surface area contributed by atoms with Crippen LogP contribution in [0.5, 0.6) is 28.7 Å². The number of aromatic nitrogens is 10. The van der Waals surface area contributed by atoms with Crippen molar-refractivity contribution < 1.29 is 129 Å². The average molecular weight is 2100 g/mol. The summed E-state index contributed by atoms with van der Waals surface area (Å²) in [6.45, 7) is 5.65. The predicted molar refractivity (Wildman–Crippen MR) is 501 cm³/mol. The Morgan fingerprint density at radius 1 is 0.401 bits per heavy atom. The molecule has 48 heteroatoms. The number of halogens is 15. The molecule has 0 unspecified atom stereocenters. The Hall–Kier alpha value is -14.3. The van der Waals surface area contributed by atoms with Gasteiger partial charge in [0.15, 0.2) is 45.8 Å². The van der Waals surface area contributed by atoms with E-state index in [1.54, 1.807) is 35.9 Å². The van der Waals surface area contributed by atoms with Crippen LogP contribution in [-0.4, -0.2) is 156 Å². The Morgan fingerprint density at radius 3 is 1.09 bits per heavy atom. The van der Waals surface area contributed by atoms with Gasteiger partial charge in [-0.1, -0.05) is 155 Å². The molecule has 5 aliphatic carbocycles. The highest BCUT2D eigenvalue weighted by atomic mass is 32.2. The van der Waals surface area contributed by atoms with Gasteiger partial charge in [-0.25, -0.2) is 17.9 Å². The van der Waals surface area contributed by atoms with Gasteiger partial charge in [0, 0.05) is 54.4 Å². The highest BCUT2D eigenvalue weighted by Crippen LogP contribution is 2.50. The number of hydrogen-bond acceptors (Lipinski definition) is 23. The molecule has 15 rings (SSSR count). The van der Waals surface area contributed by atoms with Crippen LogP contribution in [0.1, 0.15) is 257 Å². The van der Waals surface area contributed by atoms with Crippen molar-refractivity contribution in [1.29, 1.82) is 0 Å². The molecule has 0 atom stereocenters. The van der Waals surface area contributed by atoms with Crippen LogP contribution >= 0.6 is 0 Å². The summed E-state index contributed by atoms with van der Waals surface area (Å²) in [5.41, 5.74) is -12.9. The van der Waals surface area contributed by atoms with Gasteiger partial charge in [0.25, 0.3) is 50.8 Å². The van der Waals surface area contributed by atoms with E-state index in [1.807, 2.05) is 6.92 Å². The Labute approximate surface area is 829 Å². The smallest absolute Gasteiger partial charge is 0.416 e. The SMILES string of the molecule is CC1(NC(=O)c2nn(CC3(c4cccc(C(F)(F)F)c4)CCCC3)cc(O)c2=O)CCCC1.CCNC(=O)c1nn(CC2(c3cccc(C(F)(F)F)c3)CCCC2)cc(O)c1=O.CCOC(=O)c1nn(CCc2ccccc2C(F)(F)F)cc(O)c1=O.CN(C)C(=O)c1nn(CC2(c3ccccc3C(F)(F)F)CCCC2)cc(O)c1=O.CS(=O)(=O)NC(=O)c1nn(CC2(c3cccc(C(F)(F)F)c3)CCCC2)cc(O)c1=O. The largest absolute Gasteiger partial charge is 0.503 e. The molecule has 792 valence electrons. The van der Waals surface area contributed by atoms with Crippen molar-refractivity contribution in [3.63, 3.8) is 0 Å². The summed E-state index contributed by atoms with van der Waals surface area (Å²) < 4.78 is 234. The fraction of sp³-hybridized carbons (Fsp3) is 0.444. The molecule has 5 aromatic heterocycles. The number of aryl methyl sites for hydroxylation is 2. The van der Waals surface area contributed by atoms with Crippen LogP contribution in [0.15, 0.2) is 176 Å². The first-order valence-corrected chi connectivity index (χ1v) is 48.6. The molecule has 5 fully saturated rings. The Morgan fingerprint density at radius 2 is 0.721 bits per heavy atom. The number of carbonyl (C=O) groups excluding carboxylic acids is 5. The van der Waals surface area contributed by atoms with Crippen molar-refractivity contribution in [2.75, 3.05) is 33.5 Å². The maximum Gasteiger partial charge on any atom is 0.416 e. The van der Waals surface area contributed by atoms with Crippen LogP contribution in [0.4, 0.5) is 65.9 Å². The molecule has 32 nitrogen and oxygen atoms in total. The number of amides is 4. The zero-order valence-electron chi connectivity index (χ0n) is 80.3. The van der Waals surface area contributed by atoms with Crippen LogP contribution in [-0.2, 0) is 106 Å². The minimum atomic E-state index is -4.51. The number of sulfonamides is 1. The second-order valence-corrected chi connectivity index (χ2v) is 39.1. The Kier molecular flexibility index (Phi) is 35.2. The van der Waals surface area contributed by atoms with Gasteiger partial charge < -0.3 is 45.8 Å². The third-order valence-corrected chi connectivity index (χ3v) is 27.0. The van der Waals surface area contributed by atoms with Gasteiger partial charge in [0.05, 0.1) is 97.8 Å². The van der Waals surface area contributed by atoms with E-state index < -0.39 is 210 Å². The maximum absolute atomic E-state index is 13.6. The van der Waals surface area contributed by atoms with E-state index in [2.05, 4.69) is 40.9 Å². The summed E-state index contributed by atoms with van der Waals surface area (Å²) in [6, 6.07) is 26.0. The van der Waals surface area contributed by atoms with E-state index in [9.17, 15) is 148 Å². The molecule has 0 bridgehead atoms. The highest BCUT2D eigenvalue weighted by Gasteiger charge is 2.47. The van der Waals surface area contributed by atoms with Crippen molar-refractivity contribution in [2.24, 2.45) is 0 Å². The van der Waals surface area contributed by atoms with E-state index in [0.717, 1.165) is 165 Å². The number of ether oxygens (including phenoxy) is 1. The highest BCUT2D eigenvalue weighted by molar-refractivity contribution is 7.89. The first kappa shape index (κ1) is 113. The molecule has 0 saturated heterocycles. The van der Waals surface area contributed by atoms with Crippen LogP contribution in [0, 0.1) is 0 Å². The molecule has 0 radical (unpaired) electrons. The maximum atomic E-state index is 13.6. The lowest BCUT2D eigenvalue weighted by Crippen LogP contribution is -2.46. The minimum absolute atomic E-state index is 0.00850. The number of nitrogens with zero attached hydrogens (tertiary/aromatic N) is 11. The van der Waals surface area contributed by atoms with Crippen LogP contribution < -0.4 is 42.5 Å². The average Bonchev–Trinajstić information content (AvgIpc) is 1.87. The van der Waals surface area contributed by atoms with E-state index in [0.29, 0.717) is 74.3 Å². The topological polar surface area (TPSA) is 444 Å². The van der Waals surface area contributed by atoms with Crippen molar-refractivity contribution >= 4 is 39.6 Å². The second-order valence-electron chi connectivity index (χ2n) is 37.4. The standard InChI is InChI=1S/C24H28F3N3O3.2C20H22F3N3O3.C19H20F3N3O5S.C16H15F3N2O4/c1-22(9-2-3-10-22)28-21(33)19-20(32)18(31)14-30(29-19)15-23(11-4-5-12-23)16-7-6-8-17(13-16)24(25,26)27;1-25(2)18(29)16-17(28)15(27)11-26(24-16)12-19(9-5-6-10-19)13-7-3-4-8-14(13)20(21,22)23;1-2-24-18(29)16-17(28)15(27)11-26(25-16)12-19(8-3-4-9-19)13-6-5-7-14(10-13)20(21,22)23;1-31(29,30)24-17(28)15-16(27)14(26)10-25(23-15)11-18(7-2-3-8-18)12-5-4-6-13(9-12)19(20,21)22;1-2-25-15(24)13-14(23)12(22)9-21(20-13)8-7-10-5-3-4-6-11(10)16(17,18)19/h6-8,13-14,31H,2-5,9-12,15H2,1H3,(H,28,33);3-4,7-8,11,27H,5-6,9-10,12H2,1-2H3;5-7,10-11,27H,2-4,8-9,12H2,1H3,(H,24,29);4-6,9-10,26H,2-3,7-8,11H2,1H3,(H,24,28);3-6,9,22H,2,7-8H2,1H3. The molecule has 0 spiro atoms. The lowest BCUT2D eigenvalue weighted by Gasteiger charge is -2.32. The fourth-order valence-corrected chi connectivity index (χ4v) is 19.8. The number of hydrogen-bond donors (Lipinski definition) is 8. The first-order valence-electron chi connectivity index (χ1n) is 46.7. The molecular weight excluding hydrogens is 1990 g/mol. The fourth-order valence-electron chi connectivity index (χ4n) is 19.4. The van der Waals surface area contributed by atoms with Gasteiger partial charge in [-0.2, -0.15) is 91.3 Å². The van der Waals surface area contributed by atoms with E-state index >= 15 is 0 Å². The quantitative estimate of drug-likeness (QED) is 0.0206. The number of alkyl halides is 15. The monoisotopic (exact) mass is 2100 g/mol. The van der Waals surface area contributed by atoms with Crippen molar-refractivity contribution in [2.45, 2.75) is 246 Å². The summed E-state index contributed by atoms with van der Waals surface area (Å²) in [6.07, 6.45) is -1.90. The van der Waals surface area contributed by atoms with Gasteiger partial charge in [0.1, 0.15) is 0 Å². The summed E-state index contributed by atoms with van der Waals surface area (Å²) in [7, 11) is -1.11. The Balaban J connectivity index is 0.000000175. The minimum Gasteiger partial charge on any atom is -0.503 e. The molecule has 0 aliphatic heterocycles. The number of nitrogens with one attached hydrogen (secondary N) is 3. The molecule has 10 aromatic rings. The van der Waals surface area contributed by atoms with Crippen LogP contribution in [0.2, 0.25) is 0 Å². The third-order valence-electron chi connectivity index (χ3n) is 26.4. The molecule has 5 saturated carbocycles. The van der Waals surface area contributed by atoms with Crippen molar-refractivity contribution in [3.05, 3.63) is 288 Å². The lowest BCUT2D eigenvalue weighted by molar-refractivity contribution is -0.139. The molecule has 147 heavy (non-hydrogen) atoms. The van der Waals surface area contributed by atoms with Crippen LogP contribution in [0.3, 0.4) is 0 Å². The molecule has 8 N–H and O–H groups in total. The van der Waals surface area contributed by atoms with E-state index in [4.69, 9.17) is 0 Å². The lowest BCUT2D eigenvalue weighted by atomic mass is 9.76. The normalized spacial score (nSPS) is 16.1. The number of rotatable bonds is 24. The van der Waals surface area contributed by atoms with Crippen molar-refractivity contribution in [3.8, 4) is 28.7 Å². The number of esters is 1. The first-order chi connectivity index (χ1) is 68.8. The summed E-state index contributed by atoms with van der Waals surface area (Å²) in [5.74, 6) is -7.81. The molecular formula is C99H107F15N14O18S. The number of carbonyl (C=O) groups is 5. The van der Waals surface area contributed by atoms with Crippen LogP contribution in [0.25, 0.3) is 0 Å². The summed E-state index contributed by atoms with van der Waals surface area (Å²) >= 11 is 0. The number of aromatic hydroxyl groups is 5. The summed E-state index contributed by atoms with van der Waals surface area (Å²) in [5, 5.41) is 75.1. The molecule has 5 aromatic carbocycles. The third kappa shape index (κ3) is 27.9. The summed E-state index contributed by atoms with van der Waals surface area (Å²) in [4.78, 5) is 123. The van der Waals surface area contributed by atoms with E-state index in [-0.39, 0.29) is 63.4 Å². The van der Waals surface area contributed by atoms with Gasteiger partial charge in [-0.15, -0.1) is 0 Å². The predicted octanol–water partition coefficient (Wildman–Crippen LogP) is 15.5. The Bertz CT molecular complexity index is 6930. The molecule has 5 aliphatic rings. The van der Waals surface area contributed by atoms with Gasteiger partial charge in [-0.05, 0) is 150 Å². The molecule has 5 heterocycles. The van der Waals surface area contributed by atoms with Crippen molar-refractivity contribution in [1.82, 2.24) is 69.2 Å². The van der Waals surface area contributed by atoms with Gasteiger partial charge in [0.2, 0.25) is 21.4 Å². The zero-order chi connectivity index (χ0) is 108. The van der Waals surface area contributed by atoms with Gasteiger partial charge >= 0.3 is 36.9 Å². The van der Waals surface area contributed by atoms with E-state index in [1.165, 1.54) is 89.7 Å². The number of benzene rings is 5. The second kappa shape index (κ2) is 45.8.